The molecule has 4 rings (SSSR count). The molecule has 2 heterocycles. The maximum Gasteiger partial charge on any atom is 0.276 e. The van der Waals surface area contributed by atoms with E-state index in [1.807, 2.05) is 73.6 Å². The second-order valence-corrected chi connectivity index (χ2v) is 6.70. The molecular formula is C22H20N6O. The van der Waals surface area contributed by atoms with Crippen LogP contribution >= 0.6 is 0 Å². The number of pyridine rings is 1. The number of fused-ring (bicyclic) bond motifs is 1. The van der Waals surface area contributed by atoms with Crippen LogP contribution in [0.4, 0.5) is 22.9 Å². The summed E-state index contributed by atoms with van der Waals surface area (Å²) in [4.78, 5) is 18.9. The Balaban J connectivity index is 1.46. The lowest BCUT2D eigenvalue weighted by atomic mass is 10.2. The Morgan fingerprint density at radius 1 is 0.897 bits per heavy atom. The first-order valence-corrected chi connectivity index (χ1v) is 9.13. The van der Waals surface area contributed by atoms with Gasteiger partial charge >= 0.3 is 0 Å². The Hall–Kier alpha value is -4.00. The standard InChI is InChI=1S/C22H20N6O/c1-28(2)17-10-8-16(9-11-17)24-20-13-12-19(26-27-20)22(29)25-18-7-3-5-15-6-4-14-23-21(15)18/h3-14H,1-2H3,(H,24,27)(H,25,29). The molecule has 29 heavy (non-hydrogen) atoms. The quantitative estimate of drug-likeness (QED) is 0.539. The molecule has 1 amide bonds. The van der Waals surface area contributed by atoms with Crippen LogP contribution in [0.1, 0.15) is 10.5 Å². The lowest BCUT2D eigenvalue weighted by Gasteiger charge is -2.13. The fourth-order valence-electron chi connectivity index (χ4n) is 2.90. The highest BCUT2D eigenvalue weighted by Gasteiger charge is 2.11. The van der Waals surface area contributed by atoms with Crippen molar-refractivity contribution in [1.82, 2.24) is 15.2 Å². The van der Waals surface area contributed by atoms with Crippen molar-refractivity contribution >= 4 is 39.7 Å². The largest absolute Gasteiger partial charge is 0.378 e. The molecular weight excluding hydrogens is 364 g/mol. The summed E-state index contributed by atoms with van der Waals surface area (Å²) < 4.78 is 0. The lowest BCUT2D eigenvalue weighted by molar-refractivity contribution is 0.102. The first-order chi connectivity index (χ1) is 14.1. The first kappa shape index (κ1) is 18.4. The lowest BCUT2D eigenvalue weighted by Crippen LogP contribution is -2.15. The van der Waals surface area contributed by atoms with Crippen molar-refractivity contribution in [2.45, 2.75) is 0 Å². The Morgan fingerprint density at radius 3 is 2.41 bits per heavy atom. The molecule has 0 aliphatic rings. The van der Waals surface area contributed by atoms with Gasteiger partial charge in [-0.3, -0.25) is 9.78 Å². The Morgan fingerprint density at radius 2 is 1.69 bits per heavy atom. The molecule has 7 heteroatoms. The van der Waals surface area contributed by atoms with E-state index >= 15 is 0 Å². The van der Waals surface area contributed by atoms with E-state index in [0.29, 0.717) is 11.5 Å². The second kappa shape index (κ2) is 7.93. The Kier molecular flexibility index (Phi) is 5.03. The molecule has 7 nitrogen and oxygen atoms in total. The molecule has 0 aliphatic carbocycles. The number of nitrogens with zero attached hydrogens (tertiary/aromatic N) is 4. The molecule has 2 aromatic carbocycles. The number of nitrogens with one attached hydrogen (secondary N) is 2. The molecule has 2 aromatic heterocycles. The number of anilines is 4. The average Bonchev–Trinajstić information content (AvgIpc) is 2.75. The number of amides is 1. The minimum Gasteiger partial charge on any atom is -0.378 e. The van der Waals surface area contributed by atoms with Gasteiger partial charge in [0, 0.05) is 37.1 Å². The third-order valence-electron chi connectivity index (χ3n) is 4.43. The van der Waals surface area contributed by atoms with E-state index in [4.69, 9.17) is 0 Å². The summed E-state index contributed by atoms with van der Waals surface area (Å²) in [7, 11) is 3.98. The van der Waals surface area contributed by atoms with Gasteiger partial charge in [0.05, 0.1) is 11.2 Å². The average molecular weight is 384 g/mol. The van der Waals surface area contributed by atoms with E-state index in [9.17, 15) is 4.79 Å². The summed E-state index contributed by atoms with van der Waals surface area (Å²) in [5.41, 5.74) is 3.60. The summed E-state index contributed by atoms with van der Waals surface area (Å²) in [6.45, 7) is 0. The molecule has 0 aliphatic heterocycles. The Labute approximate surface area is 168 Å². The minimum atomic E-state index is -0.336. The van der Waals surface area contributed by atoms with Gasteiger partial charge in [-0.25, -0.2) is 0 Å². The van der Waals surface area contributed by atoms with E-state index in [2.05, 4.69) is 25.8 Å². The molecule has 0 spiro atoms. The summed E-state index contributed by atoms with van der Waals surface area (Å²) in [5, 5.41) is 15.1. The summed E-state index contributed by atoms with van der Waals surface area (Å²) in [6.07, 6.45) is 1.70. The number of hydrogen-bond acceptors (Lipinski definition) is 6. The third-order valence-corrected chi connectivity index (χ3v) is 4.43. The van der Waals surface area contributed by atoms with Crippen LogP contribution in [0.25, 0.3) is 10.9 Å². The van der Waals surface area contributed by atoms with Crippen molar-refractivity contribution in [3.8, 4) is 0 Å². The van der Waals surface area contributed by atoms with Crippen LogP contribution in [0.5, 0.6) is 0 Å². The number of para-hydroxylation sites is 1. The highest BCUT2D eigenvalue weighted by Crippen LogP contribution is 2.22. The van der Waals surface area contributed by atoms with Crippen LogP contribution in [0.2, 0.25) is 0 Å². The predicted molar refractivity (Wildman–Crippen MR) is 116 cm³/mol. The van der Waals surface area contributed by atoms with E-state index in [1.54, 1.807) is 18.3 Å². The van der Waals surface area contributed by atoms with E-state index in [1.165, 1.54) is 0 Å². The zero-order valence-corrected chi connectivity index (χ0v) is 16.1. The zero-order valence-electron chi connectivity index (χ0n) is 16.1. The number of rotatable bonds is 5. The van der Waals surface area contributed by atoms with Crippen LogP contribution in [0.15, 0.2) is 72.9 Å². The van der Waals surface area contributed by atoms with E-state index in [0.717, 1.165) is 22.3 Å². The number of aromatic nitrogens is 3. The number of carbonyl (C=O) groups excluding carboxylic acids is 1. The van der Waals surface area contributed by atoms with Crippen LogP contribution in [-0.4, -0.2) is 35.2 Å². The molecule has 0 fully saturated rings. The monoisotopic (exact) mass is 384 g/mol. The molecule has 0 atom stereocenters. The fourth-order valence-corrected chi connectivity index (χ4v) is 2.90. The van der Waals surface area contributed by atoms with Crippen LogP contribution in [0, 0.1) is 0 Å². The second-order valence-electron chi connectivity index (χ2n) is 6.70. The van der Waals surface area contributed by atoms with Crippen molar-refractivity contribution in [3.05, 3.63) is 78.6 Å². The van der Waals surface area contributed by atoms with Gasteiger partial charge in [0.2, 0.25) is 0 Å². The van der Waals surface area contributed by atoms with E-state index in [-0.39, 0.29) is 11.6 Å². The highest BCUT2D eigenvalue weighted by atomic mass is 16.1. The van der Waals surface area contributed by atoms with Crippen molar-refractivity contribution < 1.29 is 4.79 Å². The van der Waals surface area contributed by atoms with Gasteiger partial charge in [-0.1, -0.05) is 18.2 Å². The number of benzene rings is 2. The smallest absolute Gasteiger partial charge is 0.276 e. The fraction of sp³-hybridized carbons (Fsp3) is 0.0909. The summed E-state index contributed by atoms with van der Waals surface area (Å²) in [6, 6.07) is 20.8. The van der Waals surface area contributed by atoms with Crippen LogP contribution in [-0.2, 0) is 0 Å². The molecule has 0 bridgehead atoms. The zero-order chi connectivity index (χ0) is 20.2. The normalized spacial score (nSPS) is 10.6. The number of carbonyl (C=O) groups is 1. The topological polar surface area (TPSA) is 83.0 Å². The molecule has 4 aromatic rings. The molecule has 0 saturated carbocycles. The van der Waals surface area contributed by atoms with Gasteiger partial charge in [0.1, 0.15) is 0 Å². The van der Waals surface area contributed by atoms with Gasteiger partial charge in [-0.05, 0) is 48.5 Å². The highest BCUT2D eigenvalue weighted by molar-refractivity contribution is 6.07. The molecule has 2 N–H and O–H groups in total. The van der Waals surface area contributed by atoms with Gasteiger partial charge in [-0.15, -0.1) is 10.2 Å². The first-order valence-electron chi connectivity index (χ1n) is 9.13. The third kappa shape index (κ3) is 4.14. The summed E-state index contributed by atoms with van der Waals surface area (Å²) in [5.74, 6) is 0.225. The Bertz CT molecular complexity index is 1130. The van der Waals surface area contributed by atoms with Crippen LogP contribution in [0.3, 0.4) is 0 Å². The molecule has 0 saturated heterocycles. The van der Waals surface area contributed by atoms with E-state index < -0.39 is 0 Å². The van der Waals surface area contributed by atoms with Crippen molar-refractivity contribution in [2.75, 3.05) is 29.6 Å². The summed E-state index contributed by atoms with van der Waals surface area (Å²) >= 11 is 0. The number of hydrogen-bond donors (Lipinski definition) is 2. The predicted octanol–water partition coefficient (Wildman–Crippen LogP) is 4.09. The maximum absolute atomic E-state index is 12.6. The van der Waals surface area contributed by atoms with Crippen molar-refractivity contribution in [3.63, 3.8) is 0 Å². The van der Waals surface area contributed by atoms with Crippen LogP contribution < -0.4 is 15.5 Å². The van der Waals surface area contributed by atoms with Gasteiger partial charge in [0.25, 0.3) is 5.91 Å². The van der Waals surface area contributed by atoms with Gasteiger partial charge < -0.3 is 15.5 Å². The van der Waals surface area contributed by atoms with Gasteiger partial charge in [0.15, 0.2) is 11.5 Å². The maximum atomic E-state index is 12.6. The molecule has 0 radical (unpaired) electrons. The molecule has 0 unspecified atom stereocenters. The van der Waals surface area contributed by atoms with Crippen molar-refractivity contribution in [1.29, 1.82) is 0 Å². The minimum absolute atomic E-state index is 0.228. The SMILES string of the molecule is CN(C)c1ccc(Nc2ccc(C(=O)Nc3cccc4cccnc34)nn2)cc1. The molecule has 144 valence electrons. The van der Waals surface area contributed by atoms with Gasteiger partial charge in [-0.2, -0.15) is 0 Å². The van der Waals surface area contributed by atoms with Crippen molar-refractivity contribution in [2.24, 2.45) is 0 Å².